The summed E-state index contributed by atoms with van der Waals surface area (Å²) in [5.74, 6) is -0.0406. The average molecular weight is 327 g/mol. The summed E-state index contributed by atoms with van der Waals surface area (Å²) < 4.78 is 10.4. The number of nitrogens with one attached hydrogen (secondary N) is 1. The second kappa shape index (κ2) is 8.15. The smallest absolute Gasteiger partial charge is 0.337 e. The zero-order chi connectivity index (χ0) is 17.5. The maximum absolute atomic E-state index is 12.3. The molecule has 5 heteroatoms. The topological polar surface area (TPSA) is 64.6 Å². The predicted octanol–water partition coefficient (Wildman–Crippen LogP) is 3.44. The fourth-order valence-electron chi connectivity index (χ4n) is 2.24. The molecule has 2 rings (SSSR count). The van der Waals surface area contributed by atoms with E-state index < -0.39 is 12.1 Å². The van der Waals surface area contributed by atoms with Gasteiger partial charge in [-0.1, -0.05) is 31.2 Å². The number of benzene rings is 2. The normalized spacial score (nSPS) is 11.5. The fourth-order valence-corrected chi connectivity index (χ4v) is 2.24. The first-order valence-corrected chi connectivity index (χ1v) is 7.79. The van der Waals surface area contributed by atoms with Gasteiger partial charge in [0.1, 0.15) is 5.75 Å². The van der Waals surface area contributed by atoms with Gasteiger partial charge in [0.15, 0.2) is 6.10 Å². The summed E-state index contributed by atoms with van der Waals surface area (Å²) in [6.07, 6.45) is 0.158. The van der Waals surface area contributed by atoms with Gasteiger partial charge in [0.05, 0.1) is 12.7 Å². The number of anilines is 1. The Balaban J connectivity index is 2.05. The lowest BCUT2D eigenvalue weighted by atomic mass is 10.1. The summed E-state index contributed by atoms with van der Waals surface area (Å²) in [5, 5.41) is 2.75. The van der Waals surface area contributed by atoms with Gasteiger partial charge in [0, 0.05) is 5.69 Å². The minimum absolute atomic E-state index is 0.289. The van der Waals surface area contributed by atoms with E-state index in [0.717, 1.165) is 12.0 Å². The maximum atomic E-state index is 12.3. The van der Waals surface area contributed by atoms with Gasteiger partial charge in [-0.2, -0.15) is 0 Å². The zero-order valence-electron chi connectivity index (χ0n) is 14.0. The third-order valence-electron chi connectivity index (χ3n) is 3.58. The molecule has 2 aromatic rings. The van der Waals surface area contributed by atoms with E-state index in [9.17, 15) is 9.59 Å². The van der Waals surface area contributed by atoms with Crippen LogP contribution in [0.15, 0.2) is 48.5 Å². The highest BCUT2D eigenvalue weighted by atomic mass is 16.5. The van der Waals surface area contributed by atoms with Crippen LogP contribution in [0, 0.1) is 0 Å². The first kappa shape index (κ1) is 17.5. The Kier molecular flexibility index (Phi) is 5.95. The largest absolute Gasteiger partial charge is 0.481 e. The molecule has 0 aliphatic carbocycles. The Morgan fingerprint density at radius 3 is 2.58 bits per heavy atom. The number of hydrogen-bond donors (Lipinski definition) is 1. The van der Waals surface area contributed by atoms with Crippen LogP contribution in [0.3, 0.4) is 0 Å². The highest BCUT2D eigenvalue weighted by molar-refractivity contribution is 5.96. The molecule has 0 fully saturated rings. The number of ether oxygens (including phenoxy) is 2. The Bertz CT molecular complexity index is 727. The van der Waals surface area contributed by atoms with Crippen LogP contribution in [0.25, 0.3) is 0 Å². The molecule has 0 spiro atoms. The molecule has 0 aromatic heterocycles. The van der Waals surface area contributed by atoms with Crippen molar-refractivity contribution in [2.24, 2.45) is 0 Å². The summed E-state index contributed by atoms with van der Waals surface area (Å²) >= 11 is 0. The molecule has 0 aliphatic heterocycles. The Hall–Kier alpha value is -2.82. The zero-order valence-corrected chi connectivity index (χ0v) is 14.0. The van der Waals surface area contributed by atoms with Crippen molar-refractivity contribution >= 4 is 17.6 Å². The van der Waals surface area contributed by atoms with Crippen molar-refractivity contribution in [1.82, 2.24) is 0 Å². The van der Waals surface area contributed by atoms with E-state index >= 15 is 0 Å². The molecule has 0 bridgehead atoms. The Labute approximate surface area is 141 Å². The third-order valence-corrected chi connectivity index (χ3v) is 3.58. The molecule has 0 saturated carbocycles. The average Bonchev–Trinajstić information content (AvgIpc) is 2.61. The van der Waals surface area contributed by atoms with Crippen molar-refractivity contribution in [3.63, 3.8) is 0 Å². The molecule has 1 atom stereocenters. The molecule has 1 amide bonds. The standard InChI is InChI=1S/C19H21NO4/c1-4-14-8-5-6-11-17(14)24-13(2)18(21)20-16-10-7-9-15(12-16)19(22)23-3/h5-13H,4H2,1-3H3,(H,20,21)/t13-/m0/s1. The summed E-state index contributed by atoms with van der Waals surface area (Å²) in [6, 6.07) is 14.2. The number of rotatable bonds is 6. The number of carbonyl (C=O) groups is 2. The van der Waals surface area contributed by atoms with E-state index in [1.807, 2.05) is 31.2 Å². The van der Waals surface area contributed by atoms with E-state index in [1.165, 1.54) is 7.11 Å². The van der Waals surface area contributed by atoms with Gasteiger partial charge in [-0.05, 0) is 43.2 Å². The molecule has 126 valence electrons. The number of esters is 1. The van der Waals surface area contributed by atoms with E-state index in [4.69, 9.17) is 4.74 Å². The van der Waals surface area contributed by atoms with Gasteiger partial charge in [0.25, 0.3) is 5.91 Å². The van der Waals surface area contributed by atoms with Crippen molar-refractivity contribution in [3.05, 3.63) is 59.7 Å². The van der Waals surface area contributed by atoms with Crippen LogP contribution < -0.4 is 10.1 Å². The van der Waals surface area contributed by atoms with Crippen LogP contribution in [-0.2, 0) is 16.0 Å². The van der Waals surface area contributed by atoms with Crippen molar-refractivity contribution < 1.29 is 19.1 Å². The lowest BCUT2D eigenvalue weighted by Gasteiger charge is -2.17. The highest BCUT2D eigenvalue weighted by Crippen LogP contribution is 2.20. The number of aryl methyl sites for hydroxylation is 1. The molecule has 2 aromatic carbocycles. The molecule has 0 unspecified atom stereocenters. The summed E-state index contributed by atoms with van der Waals surface area (Å²) in [4.78, 5) is 23.9. The van der Waals surface area contributed by atoms with Gasteiger partial charge >= 0.3 is 5.97 Å². The van der Waals surface area contributed by atoms with E-state index in [1.54, 1.807) is 31.2 Å². The van der Waals surface area contributed by atoms with Gasteiger partial charge in [-0.25, -0.2) is 4.79 Å². The molecule has 0 radical (unpaired) electrons. The second-order valence-electron chi connectivity index (χ2n) is 5.28. The van der Waals surface area contributed by atoms with Gasteiger partial charge < -0.3 is 14.8 Å². The molecule has 0 saturated heterocycles. The molecule has 1 N–H and O–H groups in total. The maximum Gasteiger partial charge on any atom is 0.337 e. The van der Waals surface area contributed by atoms with Crippen LogP contribution in [-0.4, -0.2) is 25.1 Å². The molecule has 0 heterocycles. The lowest BCUT2D eigenvalue weighted by Crippen LogP contribution is -2.30. The van der Waals surface area contributed by atoms with Crippen molar-refractivity contribution in [2.75, 3.05) is 12.4 Å². The first-order chi connectivity index (χ1) is 11.5. The summed E-state index contributed by atoms with van der Waals surface area (Å²) in [5.41, 5.74) is 1.94. The minimum Gasteiger partial charge on any atom is -0.481 e. The predicted molar refractivity (Wildman–Crippen MR) is 92.3 cm³/mol. The van der Waals surface area contributed by atoms with Crippen molar-refractivity contribution in [1.29, 1.82) is 0 Å². The van der Waals surface area contributed by atoms with Crippen LogP contribution in [0.4, 0.5) is 5.69 Å². The Morgan fingerprint density at radius 1 is 1.12 bits per heavy atom. The second-order valence-corrected chi connectivity index (χ2v) is 5.28. The summed E-state index contributed by atoms with van der Waals surface area (Å²) in [7, 11) is 1.31. The first-order valence-electron chi connectivity index (χ1n) is 7.79. The number of hydrogen-bond acceptors (Lipinski definition) is 4. The molecule has 24 heavy (non-hydrogen) atoms. The molecular weight excluding hydrogens is 306 g/mol. The van der Waals surface area contributed by atoms with E-state index in [0.29, 0.717) is 17.0 Å². The molecule has 5 nitrogen and oxygen atoms in total. The third kappa shape index (κ3) is 4.35. The van der Waals surface area contributed by atoms with Crippen molar-refractivity contribution in [2.45, 2.75) is 26.4 Å². The Morgan fingerprint density at radius 2 is 1.88 bits per heavy atom. The van der Waals surface area contributed by atoms with Gasteiger partial charge in [-0.15, -0.1) is 0 Å². The SMILES string of the molecule is CCc1ccccc1O[C@@H](C)C(=O)Nc1cccc(C(=O)OC)c1. The minimum atomic E-state index is -0.667. The van der Waals surface area contributed by atoms with Gasteiger partial charge in [0.2, 0.25) is 0 Å². The molecular formula is C19H21NO4. The highest BCUT2D eigenvalue weighted by Gasteiger charge is 2.17. The van der Waals surface area contributed by atoms with Crippen LogP contribution in [0.2, 0.25) is 0 Å². The monoisotopic (exact) mass is 327 g/mol. The lowest BCUT2D eigenvalue weighted by molar-refractivity contribution is -0.122. The quantitative estimate of drug-likeness (QED) is 0.826. The number of para-hydroxylation sites is 1. The van der Waals surface area contributed by atoms with Crippen LogP contribution >= 0.6 is 0 Å². The number of amides is 1. The van der Waals surface area contributed by atoms with Gasteiger partial charge in [-0.3, -0.25) is 4.79 Å². The molecule has 0 aliphatic rings. The van der Waals surface area contributed by atoms with Crippen LogP contribution in [0.5, 0.6) is 5.75 Å². The van der Waals surface area contributed by atoms with E-state index in [2.05, 4.69) is 10.1 Å². The fraction of sp³-hybridized carbons (Fsp3) is 0.263. The number of methoxy groups -OCH3 is 1. The van der Waals surface area contributed by atoms with Crippen molar-refractivity contribution in [3.8, 4) is 5.75 Å². The van der Waals surface area contributed by atoms with Crippen LogP contribution in [0.1, 0.15) is 29.8 Å². The summed E-state index contributed by atoms with van der Waals surface area (Å²) in [6.45, 7) is 3.72. The van der Waals surface area contributed by atoms with E-state index in [-0.39, 0.29) is 5.91 Å². The number of carbonyl (C=O) groups excluding carboxylic acids is 2.